The van der Waals surface area contributed by atoms with E-state index in [1.807, 2.05) is 0 Å². The summed E-state index contributed by atoms with van der Waals surface area (Å²) in [5.41, 5.74) is -1.28. The minimum atomic E-state index is -1.80. The van der Waals surface area contributed by atoms with Gasteiger partial charge in [0.25, 0.3) is 0 Å². The molecule has 134 valence electrons. The zero-order chi connectivity index (χ0) is 17.6. The maximum Gasteiger partial charge on any atom is 0.211 e. The summed E-state index contributed by atoms with van der Waals surface area (Å²) in [5.74, 6) is -1.35. The number of aliphatic hydroxyl groups is 5. The maximum atomic E-state index is 12.0. The summed E-state index contributed by atoms with van der Waals surface area (Å²) in [5, 5.41) is 49.3. The molecule has 9 heteroatoms. The van der Waals surface area contributed by atoms with Crippen molar-refractivity contribution in [2.75, 3.05) is 6.61 Å². The Bertz CT molecular complexity index is 571. The molecule has 2 aliphatic heterocycles. The topological polar surface area (TPSA) is 146 Å². The summed E-state index contributed by atoms with van der Waals surface area (Å²) in [6, 6.07) is 0. The average molecular weight is 344 g/mol. The zero-order valence-electron chi connectivity index (χ0n) is 12.8. The molecule has 1 saturated heterocycles. The standard InChI is InChI=1S/C15H20O9/c1-6-4-8(17)15(21)2-3-22-13(9(6)15)24-14-12(20)11(19)10(18)7(5-16)23-14/h2-4,7,9-14,16,18-21H,5H2,1H3/t7-,9+,10-,11+,12-,13+,14+,15-/m1/s1. The molecule has 0 bridgehead atoms. The van der Waals surface area contributed by atoms with Crippen LogP contribution in [-0.2, 0) is 19.0 Å². The Morgan fingerprint density at radius 2 is 1.92 bits per heavy atom. The van der Waals surface area contributed by atoms with Crippen LogP contribution < -0.4 is 0 Å². The van der Waals surface area contributed by atoms with Crippen molar-refractivity contribution < 1.29 is 44.5 Å². The molecule has 0 aromatic carbocycles. The van der Waals surface area contributed by atoms with Crippen molar-refractivity contribution in [1.82, 2.24) is 0 Å². The first kappa shape index (κ1) is 17.5. The number of hydrogen-bond acceptors (Lipinski definition) is 9. The van der Waals surface area contributed by atoms with E-state index in [-0.39, 0.29) is 0 Å². The van der Waals surface area contributed by atoms with Crippen molar-refractivity contribution in [3.05, 3.63) is 24.0 Å². The van der Waals surface area contributed by atoms with Crippen LogP contribution in [0.25, 0.3) is 0 Å². The van der Waals surface area contributed by atoms with Gasteiger partial charge in [-0.2, -0.15) is 0 Å². The van der Waals surface area contributed by atoms with Crippen molar-refractivity contribution in [3.63, 3.8) is 0 Å². The summed E-state index contributed by atoms with van der Waals surface area (Å²) in [4.78, 5) is 12.0. The van der Waals surface area contributed by atoms with Crippen LogP contribution in [0.3, 0.4) is 0 Å². The number of rotatable bonds is 3. The van der Waals surface area contributed by atoms with Crippen LogP contribution in [0.1, 0.15) is 6.92 Å². The quantitative estimate of drug-likeness (QED) is 0.376. The molecule has 0 amide bonds. The van der Waals surface area contributed by atoms with E-state index in [4.69, 9.17) is 14.2 Å². The van der Waals surface area contributed by atoms with Gasteiger partial charge < -0.3 is 39.7 Å². The van der Waals surface area contributed by atoms with Crippen LogP contribution in [0.2, 0.25) is 0 Å². The number of carbonyl (C=O) groups is 1. The van der Waals surface area contributed by atoms with Gasteiger partial charge in [0.1, 0.15) is 24.4 Å². The summed E-state index contributed by atoms with van der Waals surface area (Å²) < 4.78 is 16.1. The molecule has 8 atom stereocenters. The predicted molar refractivity (Wildman–Crippen MR) is 76.1 cm³/mol. The van der Waals surface area contributed by atoms with Crippen molar-refractivity contribution in [2.45, 2.75) is 49.5 Å². The number of fused-ring (bicyclic) bond motifs is 1. The number of aliphatic hydroxyl groups excluding tert-OH is 4. The fourth-order valence-corrected chi connectivity index (χ4v) is 3.24. The summed E-state index contributed by atoms with van der Waals surface area (Å²) in [6.07, 6.45) is -4.80. The fourth-order valence-electron chi connectivity index (χ4n) is 3.24. The molecule has 2 heterocycles. The van der Waals surface area contributed by atoms with Crippen LogP contribution in [0, 0.1) is 5.92 Å². The molecule has 5 N–H and O–H groups in total. The molecule has 0 unspecified atom stereocenters. The molecule has 0 aromatic rings. The zero-order valence-corrected chi connectivity index (χ0v) is 12.8. The van der Waals surface area contributed by atoms with Crippen LogP contribution in [-0.4, -0.2) is 80.5 Å². The highest BCUT2D eigenvalue weighted by molar-refractivity contribution is 6.02. The molecule has 1 aliphatic carbocycles. The van der Waals surface area contributed by atoms with E-state index in [2.05, 4.69) is 0 Å². The average Bonchev–Trinajstić information content (AvgIpc) is 2.78. The highest BCUT2D eigenvalue weighted by Crippen LogP contribution is 2.41. The van der Waals surface area contributed by atoms with Crippen molar-refractivity contribution in [1.29, 1.82) is 0 Å². The lowest BCUT2D eigenvalue weighted by atomic mass is 9.84. The van der Waals surface area contributed by atoms with E-state index < -0.39 is 60.9 Å². The van der Waals surface area contributed by atoms with Crippen LogP contribution in [0.15, 0.2) is 24.0 Å². The van der Waals surface area contributed by atoms with Gasteiger partial charge >= 0.3 is 0 Å². The van der Waals surface area contributed by atoms with Gasteiger partial charge in [0, 0.05) is 0 Å². The third-order valence-corrected chi connectivity index (χ3v) is 4.64. The molecule has 0 radical (unpaired) electrons. The second-order valence-corrected chi connectivity index (χ2v) is 6.20. The molecule has 9 nitrogen and oxygen atoms in total. The highest BCUT2D eigenvalue weighted by atomic mass is 16.8. The second kappa shape index (κ2) is 6.19. The number of ketones is 1. The van der Waals surface area contributed by atoms with Gasteiger partial charge in [0.05, 0.1) is 18.8 Å². The third kappa shape index (κ3) is 2.58. The molecule has 3 aliphatic rings. The molecular weight excluding hydrogens is 324 g/mol. The monoisotopic (exact) mass is 344 g/mol. The van der Waals surface area contributed by atoms with Gasteiger partial charge in [-0.25, -0.2) is 0 Å². The number of hydrogen-bond donors (Lipinski definition) is 5. The minimum Gasteiger partial charge on any atom is -0.472 e. The van der Waals surface area contributed by atoms with Gasteiger partial charge in [-0.15, -0.1) is 0 Å². The van der Waals surface area contributed by atoms with E-state index in [1.54, 1.807) is 6.92 Å². The Morgan fingerprint density at radius 1 is 1.21 bits per heavy atom. The minimum absolute atomic E-state index is 0.507. The van der Waals surface area contributed by atoms with Gasteiger partial charge in [0.15, 0.2) is 17.7 Å². The Balaban J connectivity index is 1.79. The van der Waals surface area contributed by atoms with Gasteiger partial charge in [-0.05, 0) is 19.1 Å². The second-order valence-electron chi connectivity index (χ2n) is 6.20. The van der Waals surface area contributed by atoms with Gasteiger partial charge in [-0.3, -0.25) is 4.79 Å². The fraction of sp³-hybridized carbons (Fsp3) is 0.667. The number of carbonyl (C=O) groups excluding carboxylic acids is 1. The van der Waals surface area contributed by atoms with E-state index >= 15 is 0 Å². The summed E-state index contributed by atoms with van der Waals surface area (Å²) in [7, 11) is 0. The van der Waals surface area contributed by atoms with E-state index in [0.29, 0.717) is 5.57 Å². The molecule has 0 spiro atoms. The first-order valence-electron chi connectivity index (χ1n) is 7.53. The van der Waals surface area contributed by atoms with Crippen molar-refractivity contribution in [2.24, 2.45) is 5.92 Å². The molecule has 3 rings (SSSR count). The van der Waals surface area contributed by atoms with E-state index in [0.717, 1.165) is 6.26 Å². The van der Waals surface area contributed by atoms with E-state index in [9.17, 15) is 30.3 Å². The normalized spacial score (nSPS) is 48.0. The summed E-state index contributed by atoms with van der Waals surface area (Å²) in [6.45, 7) is 1.04. The van der Waals surface area contributed by atoms with Gasteiger partial charge in [0.2, 0.25) is 6.29 Å². The molecule has 24 heavy (non-hydrogen) atoms. The van der Waals surface area contributed by atoms with Crippen molar-refractivity contribution >= 4 is 5.78 Å². The van der Waals surface area contributed by atoms with Gasteiger partial charge in [-0.1, -0.05) is 5.57 Å². The Labute approximate surface area is 137 Å². The van der Waals surface area contributed by atoms with E-state index in [1.165, 1.54) is 12.2 Å². The lowest BCUT2D eigenvalue weighted by Crippen LogP contribution is -2.61. The van der Waals surface area contributed by atoms with Crippen LogP contribution >= 0.6 is 0 Å². The van der Waals surface area contributed by atoms with Crippen LogP contribution in [0.5, 0.6) is 0 Å². The first-order valence-corrected chi connectivity index (χ1v) is 7.53. The molecule has 0 saturated carbocycles. The third-order valence-electron chi connectivity index (χ3n) is 4.64. The largest absolute Gasteiger partial charge is 0.472 e. The summed E-state index contributed by atoms with van der Waals surface area (Å²) >= 11 is 0. The van der Waals surface area contributed by atoms with Crippen LogP contribution in [0.4, 0.5) is 0 Å². The molecule has 0 aromatic heterocycles. The number of ether oxygens (including phenoxy) is 3. The highest BCUT2D eigenvalue weighted by Gasteiger charge is 2.55. The SMILES string of the molecule is CC1=CC(=O)[C@]2(O)C=CO[C@@H](O[C@@H]3O[C@H](CO)[C@@H](O)[C@H](O)[C@H]3O)[C@H]12. The molecular formula is C15H20O9. The van der Waals surface area contributed by atoms with Crippen molar-refractivity contribution in [3.8, 4) is 0 Å². The smallest absolute Gasteiger partial charge is 0.211 e. The Hall–Kier alpha value is -1.33. The first-order chi connectivity index (χ1) is 11.3. The lowest BCUT2D eigenvalue weighted by molar-refractivity contribution is -0.342. The predicted octanol–water partition coefficient (Wildman–Crippen LogP) is -2.45. The maximum absolute atomic E-state index is 12.0. The lowest BCUT2D eigenvalue weighted by Gasteiger charge is -2.43. The Morgan fingerprint density at radius 3 is 2.58 bits per heavy atom. The molecule has 1 fully saturated rings. The Kier molecular flexibility index (Phi) is 4.51.